The molecular formula is C11H14BrFN2O3. The van der Waals surface area contributed by atoms with Crippen molar-refractivity contribution in [2.24, 2.45) is 5.73 Å². The van der Waals surface area contributed by atoms with E-state index in [1.807, 2.05) is 0 Å². The Kier molecular flexibility index (Phi) is 4.92. The Labute approximate surface area is 112 Å². The number of nitrogens with two attached hydrogens (primary N) is 2. The van der Waals surface area contributed by atoms with Gasteiger partial charge in [-0.3, -0.25) is 0 Å². The molecule has 7 heteroatoms. The normalized spacial score (nSPS) is 14.0. The second kappa shape index (κ2) is 6.01. The Morgan fingerprint density at radius 1 is 1.61 bits per heavy atom. The quantitative estimate of drug-likeness (QED) is 0.445. The number of anilines is 1. The number of ether oxygens (including phenoxy) is 1. The van der Waals surface area contributed by atoms with Gasteiger partial charge in [0.1, 0.15) is 5.75 Å². The maximum absolute atomic E-state index is 13.8. The van der Waals surface area contributed by atoms with Gasteiger partial charge in [-0.25, -0.2) is 9.18 Å². The van der Waals surface area contributed by atoms with Crippen molar-refractivity contribution in [1.29, 1.82) is 0 Å². The maximum Gasteiger partial charge on any atom is 0.342 e. The Balaban J connectivity index is 3.07. The van der Waals surface area contributed by atoms with Crippen molar-refractivity contribution in [3.8, 4) is 5.75 Å². The SMILES string of the molecule is CCOC(=O)C(F)[C@@H](N)c1c(Br)ccc(N)c1O. The molecule has 5 N–H and O–H groups in total. The maximum atomic E-state index is 13.8. The molecule has 0 saturated carbocycles. The molecule has 0 amide bonds. The molecule has 0 spiro atoms. The molecule has 0 fully saturated rings. The number of hydrogen-bond acceptors (Lipinski definition) is 5. The number of alkyl halides is 1. The number of phenolic OH excluding ortho intramolecular Hbond substituents is 1. The molecule has 0 aliphatic carbocycles. The van der Waals surface area contributed by atoms with Gasteiger partial charge in [-0.2, -0.15) is 0 Å². The Hall–Kier alpha value is -1.34. The van der Waals surface area contributed by atoms with E-state index >= 15 is 0 Å². The molecule has 100 valence electrons. The smallest absolute Gasteiger partial charge is 0.342 e. The number of hydrogen-bond donors (Lipinski definition) is 3. The highest BCUT2D eigenvalue weighted by molar-refractivity contribution is 9.10. The topological polar surface area (TPSA) is 98.6 Å². The molecule has 1 aromatic rings. The van der Waals surface area contributed by atoms with E-state index in [-0.39, 0.29) is 23.6 Å². The summed E-state index contributed by atoms with van der Waals surface area (Å²) in [6.07, 6.45) is -2.08. The lowest BCUT2D eigenvalue weighted by molar-refractivity contribution is -0.149. The summed E-state index contributed by atoms with van der Waals surface area (Å²) in [5, 5.41) is 9.76. The summed E-state index contributed by atoms with van der Waals surface area (Å²) in [5.74, 6) is -1.41. The van der Waals surface area contributed by atoms with Gasteiger partial charge in [-0.1, -0.05) is 15.9 Å². The third kappa shape index (κ3) is 2.91. The van der Waals surface area contributed by atoms with Crippen LogP contribution in [-0.2, 0) is 9.53 Å². The number of rotatable bonds is 4. The van der Waals surface area contributed by atoms with E-state index in [2.05, 4.69) is 20.7 Å². The van der Waals surface area contributed by atoms with E-state index in [1.54, 1.807) is 6.92 Å². The molecule has 0 radical (unpaired) electrons. The van der Waals surface area contributed by atoms with E-state index in [4.69, 9.17) is 11.5 Å². The van der Waals surface area contributed by atoms with Gasteiger partial charge >= 0.3 is 5.97 Å². The van der Waals surface area contributed by atoms with Crippen molar-refractivity contribution in [1.82, 2.24) is 0 Å². The van der Waals surface area contributed by atoms with E-state index in [0.717, 1.165) is 0 Å². The average Bonchev–Trinajstić information content (AvgIpc) is 2.33. The van der Waals surface area contributed by atoms with Crippen molar-refractivity contribution < 1.29 is 19.0 Å². The summed E-state index contributed by atoms with van der Waals surface area (Å²) in [7, 11) is 0. The number of aromatic hydroxyl groups is 1. The van der Waals surface area contributed by atoms with Crippen molar-refractivity contribution in [3.63, 3.8) is 0 Å². The molecule has 0 saturated heterocycles. The zero-order valence-corrected chi connectivity index (χ0v) is 11.3. The number of carbonyl (C=O) groups is 1. The van der Waals surface area contributed by atoms with Gasteiger partial charge in [-0.05, 0) is 19.1 Å². The fourth-order valence-electron chi connectivity index (χ4n) is 1.43. The molecule has 1 unspecified atom stereocenters. The monoisotopic (exact) mass is 320 g/mol. The van der Waals surface area contributed by atoms with Crippen LogP contribution in [0, 0.1) is 0 Å². The average molecular weight is 321 g/mol. The Morgan fingerprint density at radius 3 is 2.78 bits per heavy atom. The molecule has 0 aliphatic heterocycles. The first-order chi connectivity index (χ1) is 8.40. The molecule has 1 aromatic carbocycles. The van der Waals surface area contributed by atoms with Crippen LogP contribution in [0.3, 0.4) is 0 Å². The van der Waals surface area contributed by atoms with Gasteiger partial charge in [0.05, 0.1) is 18.3 Å². The van der Waals surface area contributed by atoms with Gasteiger partial charge < -0.3 is 21.3 Å². The molecule has 0 bridgehead atoms. The van der Waals surface area contributed by atoms with Crippen LogP contribution in [-0.4, -0.2) is 23.9 Å². The van der Waals surface area contributed by atoms with Crippen LogP contribution in [0.4, 0.5) is 10.1 Å². The van der Waals surface area contributed by atoms with E-state index < -0.39 is 18.2 Å². The molecule has 18 heavy (non-hydrogen) atoms. The lowest BCUT2D eigenvalue weighted by Gasteiger charge is -2.19. The largest absolute Gasteiger partial charge is 0.505 e. The van der Waals surface area contributed by atoms with Gasteiger partial charge in [0.15, 0.2) is 0 Å². The molecular weight excluding hydrogens is 307 g/mol. The summed E-state index contributed by atoms with van der Waals surface area (Å²) < 4.78 is 18.7. The van der Waals surface area contributed by atoms with Crippen LogP contribution in [0.15, 0.2) is 16.6 Å². The molecule has 0 aliphatic rings. The summed E-state index contributed by atoms with van der Waals surface area (Å²) >= 11 is 3.12. The molecule has 1 rings (SSSR count). The minimum atomic E-state index is -2.08. The van der Waals surface area contributed by atoms with Crippen LogP contribution < -0.4 is 11.5 Å². The highest BCUT2D eigenvalue weighted by Crippen LogP contribution is 2.37. The number of halogens is 2. The molecule has 5 nitrogen and oxygen atoms in total. The van der Waals surface area contributed by atoms with Crippen LogP contribution in [0.2, 0.25) is 0 Å². The van der Waals surface area contributed by atoms with Gasteiger partial charge in [0.25, 0.3) is 0 Å². The van der Waals surface area contributed by atoms with Gasteiger partial charge in [0.2, 0.25) is 6.17 Å². The van der Waals surface area contributed by atoms with Crippen molar-refractivity contribution >= 4 is 27.6 Å². The van der Waals surface area contributed by atoms with E-state index in [9.17, 15) is 14.3 Å². The van der Waals surface area contributed by atoms with Crippen LogP contribution in [0.25, 0.3) is 0 Å². The zero-order chi connectivity index (χ0) is 13.9. The zero-order valence-electron chi connectivity index (χ0n) is 9.69. The van der Waals surface area contributed by atoms with Crippen molar-refractivity contribution in [2.75, 3.05) is 12.3 Å². The third-order valence-corrected chi connectivity index (χ3v) is 3.05. The first-order valence-electron chi connectivity index (χ1n) is 5.23. The standard InChI is InChI=1S/C11H14BrFN2O3/c1-2-18-11(17)8(13)9(15)7-5(12)3-4-6(14)10(7)16/h3-4,8-9,16H,2,14-15H2,1H3/t8?,9-/m0/s1. The summed E-state index contributed by atoms with van der Waals surface area (Å²) in [4.78, 5) is 11.3. The minimum absolute atomic E-state index is 0.0375. The molecule has 0 heterocycles. The summed E-state index contributed by atoms with van der Waals surface area (Å²) in [6, 6.07) is 1.59. The number of benzene rings is 1. The van der Waals surface area contributed by atoms with Crippen LogP contribution in [0.1, 0.15) is 18.5 Å². The van der Waals surface area contributed by atoms with Gasteiger partial charge in [0, 0.05) is 10.0 Å². The number of nitrogen functional groups attached to an aromatic ring is 1. The van der Waals surface area contributed by atoms with Crippen LogP contribution in [0.5, 0.6) is 5.75 Å². The number of carbonyl (C=O) groups excluding carboxylic acids is 1. The fourth-order valence-corrected chi connectivity index (χ4v) is 2.02. The predicted molar refractivity (Wildman–Crippen MR) is 68.7 cm³/mol. The van der Waals surface area contributed by atoms with Gasteiger partial charge in [-0.15, -0.1) is 0 Å². The third-order valence-electron chi connectivity index (χ3n) is 2.36. The molecule has 0 aromatic heterocycles. The van der Waals surface area contributed by atoms with E-state index in [1.165, 1.54) is 12.1 Å². The fraction of sp³-hybridized carbons (Fsp3) is 0.364. The number of phenols is 1. The van der Waals surface area contributed by atoms with E-state index in [0.29, 0.717) is 4.47 Å². The highest BCUT2D eigenvalue weighted by atomic mass is 79.9. The minimum Gasteiger partial charge on any atom is -0.505 e. The van der Waals surface area contributed by atoms with Crippen molar-refractivity contribution in [2.45, 2.75) is 19.1 Å². The predicted octanol–water partition coefficient (Wildman–Crippen LogP) is 1.64. The van der Waals surface area contributed by atoms with Crippen molar-refractivity contribution in [3.05, 3.63) is 22.2 Å². The van der Waals surface area contributed by atoms with Crippen LogP contribution >= 0.6 is 15.9 Å². The number of esters is 1. The molecule has 2 atom stereocenters. The summed E-state index contributed by atoms with van der Waals surface area (Å²) in [5.41, 5.74) is 11.2. The lowest BCUT2D eigenvalue weighted by atomic mass is 10.0. The highest BCUT2D eigenvalue weighted by Gasteiger charge is 2.31. The Morgan fingerprint density at radius 2 is 2.22 bits per heavy atom. The summed E-state index contributed by atoms with van der Waals surface area (Å²) in [6.45, 7) is 1.61. The second-order valence-electron chi connectivity index (χ2n) is 3.58. The lowest BCUT2D eigenvalue weighted by Crippen LogP contribution is -2.32. The first-order valence-corrected chi connectivity index (χ1v) is 6.02. The Bertz CT molecular complexity index is 456. The second-order valence-corrected chi connectivity index (χ2v) is 4.43. The first kappa shape index (κ1) is 14.7.